The lowest BCUT2D eigenvalue weighted by Gasteiger charge is -2.28. The third kappa shape index (κ3) is 6.99. The quantitative estimate of drug-likeness (QED) is 0.232. The largest absolute Gasteiger partial charge is 0.437 e. The van der Waals surface area contributed by atoms with Gasteiger partial charge in [0.1, 0.15) is 11.6 Å². The molecule has 1 aliphatic rings. The van der Waals surface area contributed by atoms with Crippen LogP contribution in [0.5, 0.6) is 11.6 Å². The number of benzene rings is 2. The van der Waals surface area contributed by atoms with Gasteiger partial charge in [0.05, 0.1) is 22.8 Å². The second kappa shape index (κ2) is 12.6. The number of hydrogen-bond acceptors (Lipinski definition) is 8. The van der Waals surface area contributed by atoms with Crippen LogP contribution in [0, 0.1) is 18.7 Å². The van der Waals surface area contributed by atoms with Crippen molar-refractivity contribution in [1.82, 2.24) is 20.3 Å². The number of aromatic nitrogens is 3. The number of sulfone groups is 1. The molecule has 1 aliphatic heterocycles. The second-order valence-electron chi connectivity index (χ2n) is 10.7. The number of nitrogens with zero attached hydrogens (tertiary/aromatic N) is 3. The van der Waals surface area contributed by atoms with Gasteiger partial charge in [-0.15, -0.1) is 0 Å². The summed E-state index contributed by atoms with van der Waals surface area (Å²) >= 11 is 0. The van der Waals surface area contributed by atoms with E-state index in [-0.39, 0.29) is 17.5 Å². The molecule has 5 rings (SSSR count). The van der Waals surface area contributed by atoms with Crippen molar-refractivity contribution < 1.29 is 26.3 Å². The number of piperidine rings is 1. The summed E-state index contributed by atoms with van der Waals surface area (Å²) < 4.78 is 71.7. The average molecular weight is 600 g/mol. The zero-order valence-corrected chi connectivity index (χ0v) is 24.1. The molecular formula is C30H32F3N5O3S. The summed E-state index contributed by atoms with van der Waals surface area (Å²) in [6, 6.07) is 11.5. The minimum Gasteiger partial charge on any atom is -0.437 e. The summed E-state index contributed by atoms with van der Waals surface area (Å²) in [4.78, 5) is 13.5. The van der Waals surface area contributed by atoms with E-state index in [9.17, 15) is 21.6 Å². The molecule has 2 atom stereocenters. The molecule has 2 aromatic carbocycles. The van der Waals surface area contributed by atoms with E-state index >= 15 is 0 Å². The Hall–Kier alpha value is -3.77. The van der Waals surface area contributed by atoms with Crippen LogP contribution in [0.1, 0.15) is 30.9 Å². The lowest BCUT2D eigenvalue weighted by molar-refractivity contribution is 0.145. The van der Waals surface area contributed by atoms with Gasteiger partial charge in [-0.3, -0.25) is 0 Å². The molecule has 0 radical (unpaired) electrons. The first-order valence-corrected chi connectivity index (χ1v) is 15.5. The van der Waals surface area contributed by atoms with E-state index in [0.717, 1.165) is 25.6 Å². The fourth-order valence-electron chi connectivity index (χ4n) is 5.16. The number of alkyl halides is 2. The van der Waals surface area contributed by atoms with Gasteiger partial charge >= 0.3 is 0 Å². The molecule has 0 spiro atoms. The molecule has 12 heteroatoms. The van der Waals surface area contributed by atoms with Gasteiger partial charge in [0.15, 0.2) is 9.84 Å². The Bertz CT molecular complexity index is 1690. The fraction of sp³-hybridized carbons (Fsp3) is 0.367. The normalized spacial score (nSPS) is 17.5. The van der Waals surface area contributed by atoms with E-state index in [2.05, 4.69) is 27.5 Å². The Morgan fingerprint density at radius 2 is 1.88 bits per heavy atom. The van der Waals surface area contributed by atoms with E-state index in [1.165, 1.54) is 6.07 Å². The van der Waals surface area contributed by atoms with Crippen LogP contribution in [0.25, 0.3) is 22.0 Å². The third-order valence-electron chi connectivity index (χ3n) is 7.22. The maximum Gasteiger partial charge on any atom is 0.239 e. The first-order chi connectivity index (χ1) is 20.1. The summed E-state index contributed by atoms with van der Waals surface area (Å²) in [6.45, 7) is 5.80. The molecular weight excluding hydrogens is 567 g/mol. The van der Waals surface area contributed by atoms with E-state index in [4.69, 9.17) is 9.72 Å². The fourth-order valence-corrected chi connectivity index (χ4v) is 6.57. The molecule has 2 aromatic heterocycles. The van der Waals surface area contributed by atoms with Gasteiger partial charge in [-0.1, -0.05) is 19.1 Å². The predicted molar refractivity (Wildman–Crippen MR) is 156 cm³/mol. The van der Waals surface area contributed by atoms with Crippen LogP contribution in [-0.2, 0) is 15.6 Å². The van der Waals surface area contributed by atoms with Gasteiger partial charge < -0.3 is 15.4 Å². The molecule has 0 unspecified atom stereocenters. The van der Waals surface area contributed by atoms with Crippen molar-refractivity contribution in [3.8, 4) is 22.9 Å². The minimum atomic E-state index is -3.98. The molecule has 3 heterocycles. The summed E-state index contributed by atoms with van der Waals surface area (Å²) in [5, 5.41) is 7.59. The number of anilines is 1. The van der Waals surface area contributed by atoms with E-state index in [1.54, 1.807) is 36.7 Å². The number of hydrogen-bond donors (Lipinski definition) is 2. The smallest absolute Gasteiger partial charge is 0.239 e. The number of fused-ring (bicyclic) bond motifs is 1. The maximum atomic E-state index is 14.9. The molecule has 2 N–H and O–H groups in total. The van der Waals surface area contributed by atoms with Gasteiger partial charge in [0, 0.05) is 42.4 Å². The molecule has 0 bridgehead atoms. The van der Waals surface area contributed by atoms with Gasteiger partial charge in [0.25, 0.3) is 0 Å². The van der Waals surface area contributed by atoms with Crippen LogP contribution in [0.2, 0.25) is 0 Å². The van der Waals surface area contributed by atoms with Crippen LogP contribution < -0.4 is 15.4 Å². The summed E-state index contributed by atoms with van der Waals surface area (Å²) in [5.74, 6) is -0.536. The molecule has 1 fully saturated rings. The van der Waals surface area contributed by atoms with Crippen molar-refractivity contribution in [1.29, 1.82) is 0 Å². The Balaban J connectivity index is 1.47. The zero-order valence-electron chi connectivity index (χ0n) is 23.3. The van der Waals surface area contributed by atoms with Gasteiger partial charge in [-0.25, -0.2) is 36.5 Å². The van der Waals surface area contributed by atoms with Crippen LogP contribution >= 0.6 is 0 Å². The maximum absolute atomic E-state index is 14.9. The third-order valence-corrected chi connectivity index (χ3v) is 8.81. The van der Waals surface area contributed by atoms with Crippen LogP contribution in [0.4, 0.5) is 19.1 Å². The van der Waals surface area contributed by atoms with E-state index < -0.39 is 40.0 Å². The number of pyridine rings is 1. The van der Waals surface area contributed by atoms with Gasteiger partial charge in [-0.2, -0.15) is 0 Å². The SMILES string of the molecule is Cc1ccc2c(CS(=O)(=O)CCC(F)F)c(F)ccc2c1Oc1ncccc1-c1ccnc(N[C@@H]2CNC[C@H](C)C2)n1. The highest BCUT2D eigenvalue weighted by atomic mass is 32.2. The molecule has 0 aliphatic carbocycles. The highest BCUT2D eigenvalue weighted by molar-refractivity contribution is 7.90. The van der Waals surface area contributed by atoms with E-state index in [0.29, 0.717) is 45.2 Å². The Morgan fingerprint density at radius 3 is 2.67 bits per heavy atom. The molecule has 0 amide bonds. The average Bonchev–Trinajstić information content (AvgIpc) is 2.95. The Kier molecular flexibility index (Phi) is 8.93. The van der Waals surface area contributed by atoms with Crippen molar-refractivity contribution >= 4 is 26.6 Å². The Morgan fingerprint density at radius 1 is 1.07 bits per heavy atom. The molecule has 0 saturated carbocycles. The monoisotopic (exact) mass is 599 g/mol. The standard InChI is InChI=1S/C30H32F3N5O3S/c1-18-14-20(16-34-15-18)37-30-36-12-9-26(38-30)23-4-3-11-35-29(23)41-28-19(2)5-6-21-22(28)7-8-25(31)24(21)17-42(39,40)13-10-27(32)33/h3-9,11-12,18,20,27,34H,10,13-17H2,1-2H3,(H,36,37,38)/t18-,20+/m1/s1. The lowest BCUT2D eigenvalue weighted by Crippen LogP contribution is -2.42. The van der Waals surface area contributed by atoms with Crippen molar-refractivity contribution in [2.75, 3.05) is 24.2 Å². The highest BCUT2D eigenvalue weighted by Crippen LogP contribution is 2.38. The van der Waals surface area contributed by atoms with Crippen molar-refractivity contribution in [3.63, 3.8) is 0 Å². The topological polar surface area (TPSA) is 106 Å². The number of nitrogens with one attached hydrogen (secondary N) is 2. The minimum absolute atomic E-state index is 0.0918. The van der Waals surface area contributed by atoms with Crippen LogP contribution in [0.3, 0.4) is 0 Å². The Labute approximate surface area is 242 Å². The van der Waals surface area contributed by atoms with Crippen molar-refractivity contribution in [3.05, 3.63) is 71.8 Å². The molecule has 4 aromatic rings. The first kappa shape index (κ1) is 29.7. The van der Waals surface area contributed by atoms with Crippen LogP contribution in [-0.4, -0.2) is 54.7 Å². The van der Waals surface area contributed by atoms with Gasteiger partial charge in [0.2, 0.25) is 18.3 Å². The number of halogens is 3. The number of aryl methyl sites for hydroxylation is 1. The summed E-state index contributed by atoms with van der Waals surface area (Å²) in [5.41, 5.74) is 1.81. The number of ether oxygens (including phenoxy) is 1. The van der Waals surface area contributed by atoms with Crippen molar-refractivity contribution in [2.24, 2.45) is 5.92 Å². The molecule has 222 valence electrons. The van der Waals surface area contributed by atoms with Gasteiger partial charge in [-0.05, 0) is 67.1 Å². The number of rotatable bonds is 10. The molecule has 1 saturated heterocycles. The van der Waals surface area contributed by atoms with Crippen molar-refractivity contribution in [2.45, 2.75) is 44.9 Å². The lowest BCUT2D eigenvalue weighted by atomic mass is 9.98. The first-order valence-electron chi connectivity index (χ1n) is 13.7. The summed E-state index contributed by atoms with van der Waals surface area (Å²) in [6.07, 6.45) is 0.672. The predicted octanol–water partition coefficient (Wildman–Crippen LogP) is 5.91. The molecule has 42 heavy (non-hydrogen) atoms. The second-order valence-corrected chi connectivity index (χ2v) is 12.9. The summed E-state index contributed by atoms with van der Waals surface area (Å²) in [7, 11) is -3.98. The van der Waals surface area contributed by atoms with Crippen LogP contribution in [0.15, 0.2) is 54.9 Å². The molecule has 8 nitrogen and oxygen atoms in total. The zero-order chi connectivity index (χ0) is 29.9. The highest BCUT2D eigenvalue weighted by Gasteiger charge is 2.23. The van der Waals surface area contributed by atoms with E-state index in [1.807, 2.05) is 13.0 Å².